The summed E-state index contributed by atoms with van der Waals surface area (Å²) >= 11 is 0. The van der Waals surface area contributed by atoms with Gasteiger partial charge in [0.25, 0.3) is 0 Å². The summed E-state index contributed by atoms with van der Waals surface area (Å²) in [5.74, 6) is 0.0423. The minimum atomic E-state index is -0.913. The number of Topliss-reactive ketones (excluding diaryl/α,β-unsaturated/α-hetero) is 1. The number of phenols is 1. The van der Waals surface area contributed by atoms with Crippen LogP contribution in [0.5, 0.6) is 5.75 Å². The number of carbonyl (C=O) groups excluding carboxylic acids is 4. The molecule has 8 rings (SSSR count). The number of amides is 3. The lowest BCUT2D eigenvalue weighted by atomic mass is 9.97. The smallest absolute Gasteiger partial charge is 0.246 e. The van der Waals surface area contributed by atoms with E-state index in [2.05, 4.69) is 40.2 Å². The molecule has 0 unspecified atom stereocenters. The Hall–Kier alpha value is -6.38. The van der Waals surface area contributed by atoms with Crippen molar-refractivity contribution < 1.29 is 24.3 Å². The Bertz CT molecular complexity index is 2430. The van der Waals surface area contributed by atoms with Gasteiger partial charge in [0, 0.05) is 101 Å². The highest BCUT2D eigenvalue weighted by atomic mass is 16.3. The summed E-state index contributed by atoms with van der Waals surface area (Å²) in [6, 6.07) is 21.8. The van der Waals surface area contributed by atoms with Crippen molar-refractivity contribution in [3.05, 3.63) is 132 Å². The molecular formula is C48H55N9O5. The van der Waals surface area contributed by atoms with Crippen molar-refractivity contribution in [2.45, 2.75) is 64.3 Å². The molecule has 3 aromatic carbocycles. The largest absolute Gasteiger partial charge is 0.508 e. The van der Waals surface area contributed by atoms with Crippen LogP contribution in [-0.2, 0) is 47.2 Å². The first kappa shape index (κ1) is 42.3. The molecule has 3 fully saturated rings. The zero-order valence-electron chi connectivity index (χ0n) is 35.8. The molecule has 3 saturated heterocycles. The third-order valence-electron chi connectivity index (χ3n) is 12.4. The second kappa shape index (κ2) is 18.3. The quantitative estimate of drug-likeness (QED) is 0.125. The first-order chi connectivity index (χ1) is 30.0. The van der Waals surface area contributed by atoms with Gasteiger partial charge in [-0.1, -0.05) is 66.7 Å². The summed E-state index contributed by atoms with van der Waals surface area (Å²) in [4.78, 5) is 74.4. The van der Waals surface area contributed by atoms with E-state index in [9.17, 15) is 24.3 Å². The van der Waals surface area contributed by atoms with Crippen LogP contribution in [0.15, 0.2) is 104 Å². The molecule has 3 aliphatic heterocycles. The number of anilines is 1. The highest BCUT2D eigenvalue weighted by Gasteiger charge is 2.51. The minimum absolute atomic E-state index is 0.0685. The maximum absolute atomic E-state index is 14.8. The molecule has 2 aromatic heterocycles. The van der Waals surface area contributed by atoms with Gasteiger partial charge in [-0.3, -0.25) is 24.1 Å². The van der Waals surface area contributed by atoms with Crippen molar-refractivity contribution in [1.29, 1.82) is 0 Å². The molecule has 0 radical (unpaired) electrons. The Morgan fingerprint density at radius 3 is 2.32 bits per heavy atom. The van der Waals surface area contributed by atoms with Crippen LogP contribution in [0.2, 0.25) is 0 Å². The van der Waals surface area contributed by atoms with E-state index in [4.69, 9.17) is 0 Å². The Balaban J connectivity index is 1.06. The minimum Gasteiger partial charge on any atom is -0.508 e. The second-order valence-corrected chi connectivity index (χ2v) is 16.8. The lowest BCUT2D eigenvalue weighted by molar-refractivity contribution is -0.205. The number of fused-ring (bicyclic) bond motifs is 2. The predicted molar refractivity (Wildman–Crippen MR) is 237 cm³/mol. The summed E-state index contributed by atoms with van der Waals surface area (Å²) in [5.41, 5.74) is 4.72. The molecule has 5 aromatic rings. The van der Waals surface area contributed by atoms with Gasteiger partial charge in [0.05, 0.1) is 18.6 Å². The summed E-state index contributed by atoms with van der Waals surface area (Å²) in [7, 11) is 1.90. The molecule has 14 heteroatoms. The molecule has 2 atom stereocenters. The fourth-order valence-corrected chi connectivity index (χ4v) is 9.20. The molecule has 3 aliphatic rings. The number of para-hydroxylation sites is 1. The monoisotopic (exact) mass is 837 g/mol. The van der Waals surface area contributed by atoms with Gasteiger partial charge in [-0.15, -0.1) is 6.58 Å². The van der Waals surface area contributed by atoms with E-state index in [1.807, 2.05) is 66.3 Å². The summed E-state index contributed by atoms with van der Waals surface area (Å²) in [5, 5.41) is 14.2. The van der Waals surface area contributed by atoms with Crippen LogP contribution >= 0.6 is 0 Å². The average Bonchev–Trinajstić information content (AvgIpc) is 3.62. The molecule has 0 bridgehead atoms. The fraction of sp³-hybridized carbons (Fsp3) is 0.375. The van der Waals surface area contributed by atoms with Crippen LogP contribution in [-0.4, -0.2) is 132 Å². The van der Waals surface area contributed by atoms with E-state index in [-0.39, 0.29) is 74.7 Å². The van der Waals surface area contributed by atoms with Crippen LogP contribution < -0.4 is 4.90 Å². The van der Waals surface area contributed by atoms with Crippen LogP contribution in [0.1, 0.15) is 52.9 Å². The molecule has 322 valence electrons. The first-order valence-electron chi connectivity index (χ1n) is 21.5. The normalized spacial score (nSPS) is 18.8. The molecule has 0 saturated carbocycles. The number of hydrogen-bond donors (Lipinski definition) is 1. The van der Waals surface area contributed by atoms with Crippen LogP contribution in [0.25, 0.3) is 10.9 Å². The Morgan fingerprint density at radius 2 is 1.63 bits per heavy atom. The lowest BCUT2D eigenvalue weighted by Gasteiger charge is -2.55. The second-order valence-electron chi connectivity index (χ2n) is 16.8. The number of rotatable bonds is 14. The molecule has 14 nitrogen and oxygen atoms in total. The number of hydrogen-bond acceptors (Lipinski definition) is 10. The van der Waals surface area contributed by atoms with E-state index in [0.29, 0.717) is 24.0 Å². The third kappa shape index (κ3) is 8.84. The van der Waals surface area contributed by atoms with Crippen molar-refractivity contribution >= 4 is 40.4 Å². The zero-order valence-corrected chi connectivity index (χ0v) is 35.8. The fourth-order valence-electron chi connectivity index (χ4n) is 9.20. The van der Waals surface area contributed by atoms with E-state index in [1.165, 1.54) is 0 Å². The molecule has 0 aliphatic carbocycles. The number of carbonyl (C=O) groups is 4. The Labute approximate surface area is 362 Å². The molecular weight excluding hydrogens is 783 g/mol. The number of benzene rings is 3. The van der Waals surface area contributed by atoms with Gasteiger partial charge in [0.15, 0.2) is 5.78 Å². The summed E-state index contributed by atoms with van der Waals surface area (Å²) in [6.07, 6.45) is 7.28. The van der Waals surface area contributed by atoms with E-state index in [0.717, 1.165) is 59.3 Å². The van der Waals surface area contributed by atoms with Crippen LogP contribution in [0.3, 0.4) is 0 Å². The molecule has 3 amide bonds. The molecule has 1 N–H and O–H groups in total. The number of aryl methyl sites for hydroxylation is 2. The maximum Gasteiger partial charge on any atom is 0.246 e. The van der Waals surface area contributed by atoms with Crippen molar-refractivity contribution in [3.8, 4) is 5.75 Å². The van der Waals surface area contributed by atoms with E-state index >= 15 is 0 Å². The highest BCUT2D eigenvalue weighted by molar-refractivity contribution is 6.09. The molecule has 62 heavy (non-hydrogen) atoms. The van der Waals surface area contributed by atoms with Gasteiger partial charge in [-0.25, -0.2) is 20.0 Å². The van der Waals surface area contributed by atoms with Gasteiger partial charge in [-0.2, -0.15) is 0 Å². The van der Waals surface area contributed by atoms with Crippen molar-refractivity contribution in [2.75, 3.05) is 50.7 Å². The van der Waals surface area contributed by atoms with E-state index < -0.39 is 12.2 Å². The number of phenolic OH excluding ortho intramolecular Hbond substituents is 1. The summed E-state index contributed by atoms with van der Waals surface area (Å²) < 4.78 is 1.93. The van der Waals surface area contributed by atoms with Gasteiger partial charge >= 0.3 is 0 Å². The summed E-state index contributed by atoms with van der Waals surface area (Å²) in [6.45, 7) is 12.4. The number of aromatic hydroxyl groups is 1. The SMILES string of the molecule is C=CCN1CC(=O)N2[C@@H](Cc3ccc(O)cc3)C(=O)N(Cc3cccc4c(C(=O)Cc5cnc(N6CCN(C(C)C)CC6)nc5)cn(C)c34)C[C@@H]2N1C(=O)CCc1ccccc1. The third-order valence-corrected chi connectivity index (χ3v) is 12.4. The zero-order chi connectivity index (χ0) is 43.5. The standard InChI is InChI=1S/C48H55N9O5/c1-5-20-55-32-45(61)56-41(25-35-14-17-38(58)18-15-35)47(62)54(31-43(56)57(55)44(60)19-16-34-10-7-6-8-11-34)29-37-12-9-13-39-40(30-51(4)46(37)39)42(59)26-36-27-49-48(50-28-36)53-23-21-52(22-24-53)33(2)3/h5-15,17-18,27-28,30,33,41,43,58H,1,16,19-26,29,31-32H2,2-4H3/t41-,43-/m0/s1. The lowest BCUT2D eigenvalue weighted by Crippen LogP contribution is -2.75. The number of aromatic nitrogens is 3. The Kier molecular flexibility index (Phi) is 12.5. The first-order valence-corrected chi connectivity index (χ1v) is 21.5. The molecule has 5 heterocycles. The van der Waals surface area contributed by atoms with Crippen molar-refractivity contribution in [1.82, 2.24) is 39.3 Å². The van der Waals surface area contributed by atoms with Crippen molar-refractivity contribution in [2.24, 2.45) is 7.05 Å². The number of nitrogens with zero attached hydrogens (tertiary/aromatic N) is 9. The van der Waals surface area contributed by atoms with Crippen molar-refractivity contribution in [3.63, 3.8) is 0 Å². The molecule has 0 spiro atoms. The Morgan fingerprint density at radius 1 is 0.903 bits per heavy atom. The maximum atomic E-state index is 14.8. The highest BCUT2D eigenvalue weighted by Crippen LogP contribution is 2.32. The van der Waals surface area contributed by atoms with E-state index in [1.54, 1.807) is 62.6 Å². The number of hydrazine groups is 1. The van der Waals surface area contributed by atoms with Gasteiger partial charge < -0.3 is 24.4 Å². The van der Waals surface area contributed by atoms with Gasteiger partial charge in [0.2, 0.25) is 23.7 Å². The topological polar surface area (TPSA) is 139 Å². The predicted octanol–water partition coefficient (Wildman–Crippen LogP) is 4.62. The van der Waals surface area contributed by atoms with Crippen LogP contribution in [0, 0.1) is 0 Å². The number of piperazine rings is 2. The average molecular weight is 838 g/mol. The van der Waals surface area contributed by atoms with Gasteiger partial charge in [0.1, 0.15) is 18.0 Å². The van der Waals surface area contributed by atoms with Gasteiger partial charge in [-0.05, 0) is 54.7 Å². The van der Waals surface area contributed by atoms with Crippen LogP contribution in [0.4, 0.5) is 5.95 Å². The number of ketones is 1.